The molecule has 1 aliphatic rings. The van der Waals surface area contributed by atoms with Crippen LogP contribution in [0.1, 0.15) is 27.2 Å². The van der Waals surface area contributed by atoms with E-state index in [0.29, 0.717) is 0 Å². The van der Waals surface area contributed by atoms with E-state index in [1.54, 1.807) is 20.8 Å². The Hall–Kier alpha value is -1.35. The number of alkyl carbamates (subject to hydrolysis) is 1. The van der Waals surface area contributed by atoms with Gasteiger partial charge in [-0.3, -0.25) is 8.98 Å². The fraction of sp³-hybridized carbons (Fsp3) is 0.818. The van der Waals surface area contributed by atoms with Crippen molar-refractivity contribution in [3.05, 3.63) is 0 Å². The summed E-state index contributed by atoms with van der Waals surface area (Å²) in [5.41, 5.74) is -0.654. The van der Waals surface area contributed by atoms with Crippen LogP contribution in [0, 0.1) is 0 Å². The minimum Gasteiger partial charge on any atom is -0.444 e. The topological polar surface area (TPSA) is 111 Å². The van der Waals surface area contributed by atoms with Crippen LogP contribution < -0.4 is 10.6 Å². The molecule has 1 rings (SSSR count). The zero-order valence-corrected chi connectivity index (χ0v) is 12.7. The molecule has 1 heterocycles. The van der Waals surface area contributed by atoms with Gasteiger partial charge in [0.15, 0.2) is 0 Å². The molecule has 0 aromatic heterocycles. The van der Waals surface area contributed by atoms with E-state index in [9.17, 15) is 18.0 Å². The Balaban J connectivity index is 2.40. The molecular formula is C11H20N2O6S. The van der Waals surface area contributed by atoms with Gasteiger partial charge in [0.2, 0.25) is 5.91 Å². The summed E-state index contributed by atoms with van der Waals surface area (Å²) in [6.07, 6.45) is 0.536. The first-order valence-corrected chi connectivity index (χ1v) is 7.94. The molecule has 116 valence electrons. The van der Waals surface area contributed by atoms with Gasteiger partial charge in [-0.2, -0.15) is 8.42 Å². The van der Waals surface area contributed by atoms with E-state index in [1.807, 2.05) is 0 Å². The van der Waals surface area contributed by atoms with E-state index in [1.165, 1.54) is 0 Å². The molecule has 9 heteroatoms. The maximum Gasteiger partial charge on any atom is 0.408 e. The normalized spacial score (nSPS) is 22.7. The number of hydrogen-bond donors (Lipinski definition) is 2. The highest BCUT2D eigenvalue weighted by atomic mass is 32.2. The zero-order valence-electron chi connectivity index (χ0n) is 11.9. The van der Waals surface area contributed by atoms with E-state index >= 15 is 0 Å². The van der Waals surface area contributed by atoms with E-state index in [-0.39, 0.29) is 25.0 Å². The van der Waals surface area contributed by atoms with E-state index < -0.39 is 27.9 Å². The van der Waals surface area contributed by atoms with E-state index in [0.717, 1.165) is 6.26 Å². The summed E-state index contributed by atoms with van der Waals surface area (Å²) in [7, 11) is -3.51. The third-order valence-electron chi connectivity index (χ3n) is 2.41. The van der Waals surface area contributed by atoms with Crippen molar-refractivity contribution in [2.45, 2.75) is 44.9 Å². The highest BCUT2D eigenvalue weighted by Gasteiger charge is 2.40. The summed E-state index contributed by atoms with van der Waals surface area (Å²) in [5, 5.41) is 5.01. The van der Waals surface area contributed by atoms with Crippen molar-refractivity contribution in [3.63, 3.8) is 0 Å². The lowest BCUT2D eigenvalue weighted by Gasteiger charge is -2.37. The molecule has 0 radical (unpaired) electrons. The van der Waals surface area contributed by atoms with Crippen molar-refractivity contribution in [3.8, 4) is 0 Å². The van der Waals surface area contributed by atoms with Gasteiger partial charge in [-0.15, -0.1) is 0 Å². The van der Waals surface area contributed by atoms with Gasteiger partial charge in [0, 0.05) is 0 Å². The minimum absolute atomic E-state index is 0.0592. The van der Waals surface area contributed by atoms with Crippen LogP contribution in [0.2, 0.25) is 0 Å². The van der Waals surface area contributed by atoms with E-state index in [4.69, 9.17) is 4.74 Å². The third kappa shape index (κ3) is 5.74. The molecule has 20 heavy (non-hydrogen) atoms. The van der Waals surface area contributed by atoms with Crippen LogP contribution in [0.3, 0.4) is 0 Å². The highest BCUT2D eigenvalue weighted by molar-refractivity contribution is 7.85. The van der Waals surface area contributed by atoms with Crippen molar-refractivity contribution < 1.29 is 26.9 Å². The molecule has 1 saturated heterocycles. The molecule has 0 aromatic carbocycles. The number of rotatable bonds is 5. The first kappa shape index (κ1) is 16.7. The van der Waals surface area contributed by atoms with Crippen LogP contribution in [0.4, 0.5) is 4.79 Å². The molecule has 0 spiro atoms. The van der Waals surface area contributed by atoms with Gasteiger partial charge >= 0.3 is 6.09 Å². The lowest BCUT2D eigenvalue weighted by molar-refractivity contribution is -0.132. The van der Waals surface area contributed by atoms with Gasteiger partial charge in [0.1, 0.15) is 11.6 Å². The second-order valence-corrected chi connectivity index (χ2v) is 7.20. The van der Waals surface area contributed by atoms with Gasteiger partial charge in [-0.1, -0.05) is 0 Å². The Morgan fingerprint density at radius 2 is 2.00 bits per heavy atom. The van der Waals surface area contributed by atoms with Crippen LogP contribution in [0.5, 0.6) is 0 Å². The highest BCUT2D eigenvalue weighted by Crippen LogP contribution is 2.13. The van der Waals surface area contributed by atoms with Crippen LogP contribution in [-0.4, -0.2) is 51.0 Å². The minimum atomic E-state index is -3.51. The standard InChI is InChI=1S/C11H20N2O6S/c1-11(2,3)19-10(15)13-8-7(12-9(8)14)5-6-18-20(4,16)17/h7-8H,5-6H2,1-4H3,(H,12,14)(H,13,15)/t7-,8+/m1/s1. The Bertz CT molecular complexity index is 482. The Labute approximate surface area is 118 Å². The van der Waals surface area contributed by atoms with Crippen LogP contribution >= 0.6 is 0 Å². The SMILES string of the molecule is CC(C)(C)OC(=O)N[C@@H]1C(=O)N[C@@H]1CCOS(C)(=O)=O. The van der Waals surface area contributed by atoms with Gasteiger partial charge in [0.25, 0.3) is 10.1 Å². The summed E-state index contributed by atoms with van der Waals surface area (Å²) < 4.78 is 31.2. The van der Waals surface area contributed by atoms with Crippen molar-refractivity contribution in [1.82, 2.24) is 10.6 Å². The van der Waals surface area contributed by atoms with Gasteiger partial charge in [-0.25, -0.2) is 4.79 Å². The first-order valence-electron chi connectivity index (χ1n) is 6.12. The molecule has 0 unspecified atom stereocenters. The van der Waals surface area contributed by atoms with Gasteiger partial charge in [0.05, 0.1) is 18.9 Å². The van der Waals surface area contributed by atoms with Crippen molar-refractivity contribution >= 4 is 22.1 Å². The molecule has 2 amide bonds. The molecule has 2 atom stereocenters. The second-order valence-electron chi connectivity index (χ2n) is 5.55. The monoisotopic (exact) mass is 308 g/mol. The third-order valence-corrected chi connectivity index (χ3v) is 3.01. The zero-order chi connectivity index (χ0) is 15.6. The second kappa shape index (κ2) is 5.96. The number of nitrogens with one attached hydrogen (secondary N) is 2. The van der Waals surface area contributed by atoms with Crippen molar-refractivity contribution in [1.29, 1.82) is 0 Å². The number of hydrogen-bond acceptors (Lipinski definition) is 6. The molecule has 8 nitrogen and oxygen atoms in total. The van der Waals surface area contributed by atoms with Crippen LogP contribution in [0.25, 0.3) is 0 Å². The average Bonchev–Trinajstić information content (AvgIpc) is 2.21. The summed E-state index contributed by atoms with van der Waals surface area (Å²) in [6.45, 7) is 5.08. The molecule has 1 fully saturated rings. The quantitative estimate of drug-likeness (QED) is 0.535. The van der Waals surface area contributed by atoms with Gasteiger partial charge < -0.3 is 15.4 Å². The molecule has 2 N–H and O–H groups in total. The summed E-state index contributed by atoms with van der Waals surface area (Å²) in [5.74, 6) is -0.333. The number of ether oxygens (including phenoxy) is 1. The predicted octanol–water partition coefficient (Wildman–Crippen LogP) is -0.256. The average molecular weight is 308 g/mol. The Kier molecular flexibility index (Phi) is 4.98. The molecular weight excluding hydrogens is 288 g/mol. The first-order chi connectivity index (χ1) is 8.98. The van der Waals surface area contributed by atoms with Gasteiger partial charge in [-0.05, 0) is 27.2 Å². The fourth-order valence-electron chi connectivity index (χ4n) is 1.61. The maximum atomic E-state index is 11.5. The molecule has 0 aliphatic carbocycles. The number of β-lactam (4-membered cyclic amide) rings is 1. The van der Waals surface area contributed by atoms with Crippen molar-refractivity contribution in [2.75, 3.05) is 12.9 Å². The Morgan fingerprint density at radius 3 is 2.45 bits per heavy atom. The predicted molar refractivity (Wildman–Crippen MR) is 70.5 cm³/mol. The largest absolute Gasteiger partial charge is 0.444 e. The number of carbonyl (C=O) groups is 2. The number of amides is 2. The lowest BCUT2D eigenvalue weighted by atomic mass is 9.96. The molecule has 0 aromatic rings. The summed E-state index contributed by atoms with van der Waals surface area (Å²) in [4.78, 5) is 22.9. The van der Waals surface area contributed by atoms with Crippen LogP contribution in [0.15, 0.2) is 0 Å². The number of carbonyl (C=O) groups excluding carboxylic acids is 2. The summed E-state index contributed by atoms with van der Waals surface area (Å²) in [6, 6.07) is -1.09. The molecule has 0 bridgehead atoms. The Morgan fingerprint density at radius 1 is 1.40 bits per heavy atom. The maximum absolute atomic E-state index is 11.5. The fourth-order valence-corrected chi connectivity index (χ4v) is 2.01. The van der Waals surface area contributed by atoms with Crippen molar-refractivity contribution in [2.24, 2.45) is 0 Å². The molecule has 0 saturated carbocycles. The molecule has 1 aliphatic heterocycles. The van der Waals surface area contributed by atoms with E-state index in [2.05, 4.69) is 14.8 Å². The lowest BCUT2D eigenvalue weighted by Crippen LogP contribution is -2.69. The van der Waals surface area contributed by atoms with Crippen LogP contribution in [-0.2, 0) is 23.8 Å². The smallest absolute Gasteiger partial charge is 0.408 e. The summed E-state index contributed by atoms with van der Waals surface area (Å²) >= 11 is 0.